The number of morpholine rings is 1. The van der Waals surface area contributed by atoms with Crippen molar-refractivity contribution >= 4 is 28.7 Å². The molecule has 3 N–H and O–H groups in total. The van der Waals surface area contributed by atoms with Crippen LogP contribution in [0.5, 0.6) is 0 Å². The molecular formula is C26H25FN6O3. The fourth-order valence-electron chi connectivity index (χ4n) is 4.83. The average molecular weight is 489 g/mol. The first kappa shape index (κ1) is 22.4. The number of hydrogen-bond acceptors (Lipinski definition) is 7. The molecule has 0 bridgehead atoms. The number of benzene rings is 1. The van der Waals surface area contributed by atoms with Gasteiger partial charge >= 0.3 is 0 Å². The highest BCUT2D eigenvalue weighted by Crippen LogP contribution is 2.35. The van der Waals surface area contributed by atoms with Crippen molar-refractivity contribution in [1.82, 2.24) is 19.7 Å². The normalized spacial score (nSPS) is 18.2. The Bertz CT molecular complexity index is 1450. The number of pyridine rings is 2. The molecule has 2 atom stereocenters. The number of nitrogens with zero attached hydrogens (tertiary/aromatic N) is 4. The average Bonchev–Trinajstić information content (AvgIpc) is 3.48. The number of amides is 1. The number of aliphatic hydroxyl groups excluding tert-OH is 1. The number of imidazole rings is 1. The maximum Gasteiger partial charge on any atom is 0.254 e. The van der Waals surface area contributed by atoms with Crippen molar-refractivity contribution in [3.8, 4) is 11.3 Å². The molecule has 184 valence electrons. The van der Waals surface area contributed by atoms with Crippen LogP contribution >= 0.6 is 0 Å². The molecule has 4 aromatic rings. The third kappa shape index (κ3) is 3.94. The van der Waals surface area contributed by atoms with Gasteiger partial charge in [0.25, 0.3) is 5.91 Å². The van der Waals surface area contributed by atoms with E-state index >= 15 is 0 Å². The van der Waals surface area contributed by atoms with Gasteiger partial charge in [-0.15, -0.1) is 0 Å². The van der Waals surface area contributed by atoms with Crippen molar-refractivity contribution in [2.45, 2.75) is 25.7 Å². The van der Waals surface area contributed by atoms with Crippen LogP contribution in [0.3, 0.4) is 0 Å². The van der Waals surface area contributed by atoms with Gasteiger partial charge in [-0.3, -0.25) is 9.20 Å². The Balaban J connectivity index is 1.28. The zero-order chi connectivity index (χ0) is 24.8. The van der Waals surface area contributed by atoms with Crippen molar-refractivity contribution in [2.24, 2.45) is 0 Å². The molecule has 2 aliphatic heterocycles. The second-order valence-corrected chi connectivity index (χ2v) is 9.04. The molecule has 0 saturated carbocycles. The molecule has 6 rings (SSSR count). The molecule has 1 saturated heterocycles. The van der Waals surface area contributed by atoms with Gasteiger partial charge < -0.3 is 25.4 Å². The molecule has 1 unspecified atom stereocenters. The first-order chi connectivity index (χ1) is 17.5. The Morgan fingerprint density at radius 3 is 2.92 bits per heavy atom. The molecule has 36 heavy (non-hydrogen) atoms. The number of carbonyl (C=O) groups excluding carboxylic acids is 1. The third-order valence-electron chi connectivity index (χ3n) is 6.72. The Kier molecular flexibility index (Phi) is 5.54. The lowest BCUT2D eigenvalue weighted by atomic mass is 9.99. The zero-order valence-corrected chi connectivity index (χ0v) is 19.6. The first-order valence-electron chi connectivity index (χ1n) is 11.8. The Labute approximate surface area is 206 Å². The number of anilines is 3. The van der Waals surface area contributed by atoms with Gasteiger partial charge in [-0.1, -0.05) is 6.07 Å². The Morgan fingerprint density at radius 2 is 2.11 bits per heavy atom. The summed E-state index contributed by atoms with van der Waals surface area (Å²) in [6.07, 6.45) is 4.33. The van der Waals surface area contributed by atoms with E-state index in [0.29, 0.717) is 42.4 Å². The van der Waals surface area contributed by atoms with Crippen LogP contribution in [0.1, 0.15) is 22.8 Å². The predicted molar refractivity (Wildman–Crippen MR) is 133 cm³/mol. The molecule has 5 heterocycles. The molecule has 2 aliphatic rings. The molecule has 10 heteroatoms. The largest absolute Gasteiger partial charge is 0.391 e. The fourth-order valence-corrected chi connectivity index (χ4v) is 4.83. The lowest BCUT2D eigenvalue weighted by Gasteiger charge is -2.35. The minimum absolute atomic E-state index is 0.164. The van der Waals surface area contributed by atoms with Gasteiger partial charge in [0.15, 0.2) is 0 Å². The third-order valence-corrected chi connectivity index (χ3v) is 6.72. The van der Waals surface area contributed by atoms with E-state index in [0.717, 1.165) is 29.1 Å². The summed E-state index contributed by atoms with van der Waals surface area (Å²) < 4.78 is 21.1. The van der Waals surface area contributed by atoms with Crippen LogP contribution in [0.15, 0.2) is 55.0 Å². The summed E-state index contributed by atoms with van der Waals surface area (Å²) in [7, 11) is 0. The number of aromatic nitrogens is 3. The van der Waals surface area contributed by atoms with E-state index in [9.17, 15) is 14.3 Å². The lowest BCUT2D eigenvalue weighted by molar-refractivity contribution is -0.0364. The van der Waals surface area contributed by atoms with Crippen LogP contribution in [0.25, 0.3) is 16.9 Å². The molecule has 1 amide bonds. The van der Waals surface area contributed by atoms with Gasteiger partial charge in [0.1, 0.15) is 23.4 Å². The molecule has 1 fully saturated rings. The van der Waals surface area contributed by atoms with Crippen LogP contribution < -0.4 is 15.5 Å². The number of aliphatic hydroxyl groups is 1. The van der Waals surface area contributed by atoms with Crippen molar-refractivity contribution in [2.75, 3.05) is 29.9 Å². The monoisotopic (exact) mass is 488 g/mol. The van der Waals surface area contributed by atoms with Gasteiger partial charge in [-0.05, 0) is 36.8 Å². The number of carbonyl (C=O) groups is 1. The van der Waals surface area contributed by atoms with E-state index < -0.39 is 6.10 Å². The highest BCUT2D eigenvalue weighted by Gasteiger charge is 2.28. The molecule has 9 nitrogen and oxygen atoms in total. The Hall–Kier alpha value is -4.02. The van der Waals surface area contributed by atoms with Gasteiger partial charge in [0.05, 0.1) is 47.7 Å². The second-order valence-electron chi connectivity index (χ2n) is 9.04. The van der Waals surface area contributed by atoms with Gasteiger partial charge in [0, 0.05) is 37.5 Å². The van der Waals surface area contributed by atoms with Gasteiger partial charge in [-0.25, -0.2) is 14.4 Å². The van der Waals surface area contributed by atoms with Crippen molar-refractivity contribution in [3.63, 3.8) is 0 Å². The first-order valence-corrected chi connectivity index (χ1v) is 11.8. The van der Waals surface area contributed by atoms with Gasteiger partial charge in [-0.2, -0.15) is 0 Å². The van der Waals surface area contributed by atoms with Crippen molar-refractivity contribution in [1.29, 1.82) is 0 Å². The summed E-state index contributed by atoms with van der Waals surface area (Å²) in [5.41, 5.74) is 5.15. The smallest absolute Gasteiger partial charge is 0.254 e. The van der Waals surface area contributed by atoms with Crippen molar-refractivity contribution < 1.29 is 19.0 Å². The number of fused-ring (bicyclic) bond motifs is 2. The SMILES string of the molecule is CC(O)[C@@H]1CN(c2ccc(Nc3ccc(-c4cnc5cc(F)ccn45)c4c3C(=O)NC4)nc2)CCO1. The second kappa shape index (κ2) is 8.89. The maximum absolute atomic E-state index is 13.6. The molecule has 3 aromatic heterocycles. The van der Waals surface area contributed by atoms with E-state index in [4.69, 9.17) is 4.74 Å². The highest BCUT2D eigenvalue weighted by molar-refractivity contribution is 6.06. The van der Waals surface area contributed by atoms with Crippen LogP contribution in [-0.4, -0.2) is 57.3 Å². The molecule has 0 aliphatic carbocycles. The minimum atomic E-state index is -0.542. The quantitative estimate of drug-likeness (QED) is 0.397. The van der Waals surface area contributed by atoms with Crippen molar-refractivity contribution in [3.05, 3.63) is 71.9 Å². The fraction of sp³-hybridized carbons (Fsp3) is 0.269. The van der Waals surface area contributed by atoms with E-state index in [2.05, 4.69) is 25.5 Å². The standard InChI is InChI=1S/C26H25FN6O3/c1-15(34)22-14-32(8-9-36-22)17-2-5-23(28-11-17)31-20-4-3-18(19-12-30-26(35)25(19)20)21-13-29-24-10-16(27)6-7-33(21)24/h2-7,10-11,13,15,22,34H,8-9,12,14H2,1H3,(H,28,31)(H,30,35)/t15?,22-/m0/s1. The zero-order valence-electron chi connectivity index (χ0n) is 19.6. The topological polar surface area (TPSA) is 104 Å². The molecular weight excluding hydrogens is 463 g/mol. The molecule has 0 spiro atoms. The summed E-state index contributed by atoms with van der Waals surface area (Å²) in [5.74, 6) is 0.0958. The number of hydrogen-bond donors (Lipinski definition) is 3. The van der Waals surface area contributed by atoms with Crippen LogP contribution in [0, 0.1) is 5.82 Å². The van der Waals surface area contributed by atoms with Crippen LogP contribution in [0.2, 0.25) is 0 Å². The number of nitrogens with one attached hydrogen (secondary N) is 2. The number of rotatable bonds is 5. The summed E-state index contributed by atoms with van der Waals surface area (Å²) in [6.45, 7) is 3.99. The number of ether oxygens (including phenoxy) is 1. The molecule has 1 aromatic carbocycles. The minimum Gasteiger partial charge on any atom is -0.391 e. The van der Waals surface area contributed by atoms with E-state index in [1.165, 1.54) is 12.1 Å². The van der Waals surface area contributed by atoms with Crippen LogP contribution in [0.4, 0.5) is 21.6 Å². The van der Waals surface area contributed by atoms with E-state index in [-0.39, 0.29) is 17.8 Å². The Morgan fingerprint density at radius 1 is 1.22 bits per heavy atom. The number of halogens is 1. The maximum atomic E-state index is 13.6. The highest BCUT2D eigenvalue weighted by atomic mass is 19.1. The predicted octanol–water partition coefficient (Wildman–Crippen LogP) is 3.11. The summed E-state index contributed by atoms with van der Waals surface area (Å²) in [6, 6.07) is 10.4. The summed E-state index contributed by atoms with van der Waals surface area (Å²) in [4.78, 5) is 23.8. The van der Waals surface area contributed by atoms with E-state index in [1.54, 1.807) is 25.5 Å². The van der Waals surface area contributed by atoms with Gasteiger partial charge in [0.2, 0.25) is 0 Å². The molecule has 0 radical (unpaired) electrons. The summed E-state index contributed by atoms with van der Waals surface area (Å²) >= 11 is 0. The van der Waals surface area contributed by atoms with Crippen LogP contribution in [-0.2, 0) is 11.3 Å². The summed E-state index contributed by atoms with van der Waals surface area (Å²) in [5, 5.41) is 16.1. The lowest BCUT2D eigenvalue weighted by Crippen LogP contribution is -2.47. The van der Waals surface area contributed by atoms with E-state index in [1.807, 2.05) is 28.7 Å².